The number of anilines is 1. The summed E-state index contributed by atoms with van der Waals surface area (Å²) in [7, 11) is -4.33. The van der Waals surface area contributed by atoms with Crippen LogP contribution in [0.4, 0.5) is 17.1 Å². The SMILES string of the molecule is Nc1ccc(N=Nc2ccccc2Cl)c2cc(S(=O)(=O)O)ccc12. The van der Waals surface area contributed by atoms with E-state index in [0.29, 0.717) is 32.9 Å². The summed E-state index contributed by atoms with van der Waals surface area (Å²) in [5, 5.41) is 9.74. The first-order valence-electron chi connectivity index (χ1n) is 6.82. The van der Waals surface area contributed by atoms with Gasteiger partial charge in [0.2, 0.25) is 0 Å². The number of nitrogen functional groups attached to an aromatic ring is 1. The largest absolute Gasteiger partial charge is 0.398 e. The number of hydrogen-bond acceptors (Lipinski definition) is 5. The third-order valence-electron chi connectivity index (χ3n) is 3.41. The number of fused-ring (bicyclic) bond motifs is 1. The van der Waals surface area contributed by atoms with Crippen LogP contribution in [0.1, 0.15) is 0 Å². The molecule has 3 rings (SSSR count). The van der Waals surface area contributed by atoms with Crippen molar-refractivity contribution in [2.45, 2.75) is 4.90 Å². The lowest BCUT2D eigenvalue weighted by atomic mass is 10.1. The van der Waals surface area contributed by atoms with E-state index in [1.807, 2.05) is 0 Å². The van der Waals surface area contributed by atoms with Gasteiger partial charge < -0.3 is 5.73 Å². The van der Waals surface area contributed by atoms with Gasteiger partial charge in [0.25, 0.3) is 10.1 Å². The third kappa shape index (κ3) is 3.23. The summed E-state index contributed by atoms with van der Waals surface area (Å²) in [6.07, 6.45) is 0. The summed E-state index contributed by atoms with van der Waals surface area (Å²) in [4.78, 5) is -0.241. The van der Waals surface area contributed by atoms with Gasteiger partial charge in [-0.3, -0.25) is 4.55 Å². The van der Waals surface area contributed by atoms with Gasteiger partial charge in [-0.1, -0.05) is 29.8 Å². The highest BCUT2D eigenvalue weighted by Gasteiger charge is 2.13. The first kappa shape index (κ1) is 16.4. The molecule has 3 aromatic rings. The van der Waals surface area contributed by atoms with Crippen LogP contribution in [0.2, 0.25) is 5.02 Å². The molecule has 0 atom stereocenters. The standard InChI is InChI=1S/C16H12ClN3O3S/c17-13-3-1-2-4-16(13)20-19-15-8-7-14(18)11-6-5-10(9-12(11)15)24(21,22)23/h1-9H,18H2,(H,21,22,23). The van der Waals surface area contributed by atoms with E-state index in [4.69, 9.17) is 17.3 Å². The second kappa shape index (κ2) is 6.20. The molecule has 0 aromatic heterocycles. The molecule has 122 valence electrons. The normalized spacial score (nSPS) is 12.1. The first-order valence-corrected chi connectivity index (χ1v) is 8.64. The number of nitrogens with zero attached hydrogens (tertiary/aromatic N) is 2. The van der Waals surface area contributed by atoms with Crippen molar-refractivity contribution in [2.75, 3.05) is 5.73 Å². The van der Waals surface area contributed by atoms with E-state index in [1.54, 1.807) is 36.4 Å². The van der Waals surface area contributed by atoms with Gasteiger partial charge in [0, 0.05) is 16.5 Å². The van der Waals surface area contributed by atoms with Crippen molar-refractivity contribution in [1.82, 2.24) is 0 Å². The summed E-state index contributed by atoms with van der Waals surface area (Å²) in [6.45, 7) is 0. The Morgan fingerprint density at radius 2 is 1.62 bits per heavy atom. The van der Waals surface area contributed by atoms with E-state index in [-0.39, 0.29) is 4.90 Å². The van der Waals surface area contributed by atoms with Crippen molar-refractivity contribution < 1.29 is 13.0 Å². The second-order valence-electron chi connectivity index (χ2n) is 5.01. The van der Waals surface area contributed by atoms with Crippen molar-refractivity contribution in [3.8, 4) is 0 Å². The molecule has 0 aliphatic heterocycles. The maximum Gasteiger partial charge on any atom is 0.294 e. The predicted octanol–water partition coefficient (Wildman–Crippen LogP) is 4.74. The summed E-state index contributed by atoms with van der Waals surface area (Å²) < 4.78 is 31.9. The lowest BCUT2D eigenvalue weighted by molar-refractivity contribution is 0.483. The minimum absolute atomic E-state index is 0.241. The Balaban J connectivity index is 2.17. The van der Waals surface area contributed by atoms with Crippen LogP contribution >= 0.6 is 11.6 Å². The first-order chi connectivity index (χ1) is 11.4. The Bertz CT molecular complexity index is 1070. The van der Waals surface area contributed by atoms with E-state index in [0.717, 1.165) is 0 Å². The van der Waals surface area contributed by atoms with Gasteiger partial charge in [-0.15, -0.1) is 10.2 Å². The average Bonchev–Trinajstić information content (AvgIpc) is 2.54. The highest BCUT2D eigenvalue weighted by molar-refractivity contribution is 7.85. The summed E-state index contributed by atoms with van der Waals surface area (Å²) in [5.74, 6) is 0. The molecule has 0 saturated carbocycles. The minimum atomic E-state index is -4.33. The van der Waals surface area contributed by atoms with Crippen LogP contribution in [0, 0.1) is 0 Å². The maximum atomic E-state index is 11.3. The van der Waals surface area contributed by atoms with Crippen LogP contribution in [0.25, 0.3) is 10.8 Å². The van der Waals surface area contributed by atoms with Gasteiger partial charge in [0.1, 0.15) is 5.69 Å². The van der Waals surface area contributed by atoms with Crippen LogP contribution < -0.4 is 5.73 Å². The van der Waals surface area contributed by atoms with Crippen molar-refractivity contribution in [3.05, 3.63) is 59.6 Å². The van der Waals surface area contributed by atoms with Gasteiger partial charge in [0.15, 0.2) is 0 Å². The Morgan fingerprint density at radius 1 is 0.917 bits per heavy atom. The molecular formula is C16H12ClN3O3S. The van der Waals surface area contributed by atoms with Crippen molar-refractivity contribution in [1.29, 1.82) is 0 Å². The van der Waals surface area contributed by atoms with Crippen LogP contribution in [0.5, 0.6) is 0 Å². The molecule has 0 saturated heterocycles. The molecule has 3 aromatic carbocycles. The van der Waals surface area contributed by atoms with E-state index in [9.17, 15) is 13.0 Å². The Kier molecular flexibility index (Phi) is 4.23. The fourth-order valence-electron chi connectivity index (χ4n) is 2.22. The van der Waals surface area contributed by atoms with E-state index in [2.05, 4.69) is 10.2 Å². The van der Waals surface area contributed by atoms with Gasteiger partial charge in [-0.2, -0.15) is 8.42 Å². The predicted molar refractivity (Wildman–Crippen MR) is 93.8 cm³/mol. The van der Waals surface area contributed by atoms with E-state index < -0.39 is 10.1 Å². The Labute approximate surface area is 143 Å². The lowest BCUT2D eigenvalue weighted by Gasteiger charge is -2.06. The molecule has 0 amide bonds. The van der Waals surface area contributed by atoms with Gasteiger partial charge in [0.05, 0.1) is 15.6 Å². The molecule has 0 aliphatic carbocycles. The van der Waals surface area contributed by atoms with Crippen LogP contribution in [0.3, 0.4) is 0 Å². The molecule has 0 radical (unpaired) electrons. The molecule has 0 heterocycles. The fraction of sp³-hybridized carbons (Fsp3) is 0. The second-order valence-corrected chi connectivity index (χ2v) is 6.84. The van der Waals surface area contributed by atoms with Crippen molar-refractivity contribution in [2.24, 2.45) is 10.2 Å². The average molecular weight is 362 g/mol. The molecule has 0 fully saturated rings. The van der Waals surface area contributed by atoms with Crippen molar-refractivity contribution >= 4 is 49.6 Å². The monoisotopic (exact) mass is 361 g/mol. The molecule has 0 aliphatic rings. The zero-order chi connectivity index (χ0) is 17.3. The number of benzene rings is 3. The smallest absolute Gasteiger partial charge is 0.294 e. The van der Waals surface area contributed by atoms with E-state index >= 15 is 0 Å². The maximum absolute atomic E-state index is 11.3. The fourth-order valence-corrected chi connectivity index (χ4v) is 2.90. The molecule has 24 heavy (non-hydrogen) atoms. The highest BCUT2D eigenvalue weighted by Crippen LogP contribution is 2.34. The zero-order valence-electron chi connectivity index (χ0n) is 12.2. The van der Waals surface area contributed by atoms with Crippen LogP contribution in [-0.2, 0) is 10.1 Å². The number of rotatable bonds is 3. The van der Waals surface area contributed by atoms with Crippen LogP contribution in [-0.4, -0.2) is 13.0 Å². The molecule has 0 unspecified atom stereocenters. The number of azo groups is 1. The molecule has 8 heteroatoms. The summed E-state index contributed by atoms with van der Waals surface area (Å²) >= 11 is 6.03. The highest BCUT2D eigenvalue weighted by atomic mass is 35.5. The van der Waals surface area contributed by atoms with E-state index in [1.165, 1.54) is 18.2 Å². The molecule has 0 bridgehead atoms. The number of halogens is 1. The van der Waals surface area contributed by atoms with Crippen LogP contribution in [0.15, 0.2) is 69.7 Å². The van der Waals surface area contributed by atoms with Crippen molar-refractivity contribution in [3.63, 3.8) is 0 Å². The topological polar surface area (TPSA) is 105 Å². The minimum Gasteiger partial charge on any atom is -0.398 e. The number of nitrogens with two attached hydrogens (primary N) is 1. The molecule has 6 nitrogen and oxygen atoms in total. The number of hydrogen-bond donors (Lipinski definition) is 2. The molecular weight excluding hydrogens is 350 g/mol. The lowest BCUT2D eigenvalue weighted by Crippen LogP contribution is -1.98. The zero-order valence-corrected chi connectivity index (χ0v) is 13.8. The Morgan fingerprint density at radius 3 is 2.33 bits per heavy atom. The summed E-state index contributed by atoms with van der Waals surface area (Å²) in [5.41, 5.74) is 7.26. The van der Waals surface area contributed by atoms with Gasteiger partial charge >= 0.3 is 0 Å². The summed E-state index contributed by atoms with van der Waals surface area (Å²) in [6, 6.07) is 14.3. The van der Waals surface area contributed by atoms with Gasteiger partial charge in [-0.05, 0) is 36.4 Å². The Hall–Kier alpha value is -2.48. The van der Waals surface area contributed by atoms with Gasteiger partial charge in [-0.25, -0.2) is 0 Å². The molecule has 3 N–H and O–H groups in total. The third-order valence-corrected chi connectivity index (χ3v) is 4.58. The quantitative estimate of drug-likeness (QED) is 0.399. The molecule has 0 spiro atoms.